The van der Waals surface area contributed by atoms with E-state index in [-0.39, 0.29) is 6.03 Å². The number of nitrogens with one attached hydrogen (secondary N) is 1. The second-order valence-electron chi connectivity index (χ2n) is 7.56. The Morgan fingerprint density at radius 3 is 2.77 bits per heavy atom. The Hall–Kier alpha value is -2.38. The minimum absolute atomic E-state index is 0.0726. The summed E-state index contributed by atoms with van der Waals surface area (Å²) in [6.07, 6.45) is 8.20. The zero-order chi connectivity index (χ0) is 17.5. The highest BCUT2D eigenvalue weighted by Crippen LogP contribution is 2.31. The molecule has 4 heterocycles. The summed E-state index contributed by atoms with van der Waals surface area (Å²) in [5.74, 6) is 4.19. The summed E-state index contributed by atoms with van der Waals surface area (Å²) in [6.45, 7) is 2.51. The monoisotopic (exact) mass is 356 g/mol. The van der Waals surface area contributed by atoms with Crippen molar-refractivity contribution in [2.24, 2.45) is 0 Å². The number of hydrogen-bond acceptors (Lipinski definition) is 5. The van der Waals surface area contributed by atoms with E-state index in [0.717, 1.165) is 87.6 Å². The number of urea groups is 1. The summed E-state index contributed by atoms with van der Waals surface area (Å²) in [5.41, 5.74) is 1.08. The van der Waals surface area contributed by atoms with Crippen molar-refractivity contribution in [1.82, 2.24) is 24.8 Å². The van der Waals surface area contributed by atoms with E-state index >= 15 is 0 Å². The van der Waals surface area contributed by atoms with E-state index in [0.29, 0.717) is 11.7 Å². The highest BCUT2D eigenvalue weighted by molar-refractivity contribution is 5.89. The van der Waals surface area contributed by atoms with E-state index in [2.05, 4.69) is 25.2 Å². The number of piperidine rings is 1. The minimum Gasteiger partial charge on any atom is -0.359 e. The van der Waals surface area contributed by atoms with Crippen LogP contribution in [0.1, 0.15) is 61.0 Å². The van der Waals surface area contributed by atoms with Gasteiger partial charge in [-0.3, -0.25) is 5.32 Å². The number of rotatable bonds is 2. The largest absolute Gasteiger partial charge is 0.359 e. The van der Waals surface area contributed by atoms with Crippen molar-refractivity contribution in [3.63, 3.8) is 0 Å². The molecule has 0 aromatic carbocycles. The molecule has 0 saturated carbocycles. The van der Waals surface area contributed by atoms with Gasteiger partial charge in [0, 0.05) is 44.0 Å². The maximum atomic E-state index is 12.6. The van der Waals surface area contributed by atoms with Crippen molar-refractivity contribution in [2.45, 2.75) is 63.8 Å². The maximum absolute atomic E-state index is 12.6. The number of aromatic nitrogens is 4. The van der Waals surface area contributed by atoms with Gasteiger partial charge in [-0.1, -0.05) is 5.16 Å². The number of hydrogen-bond donors (Lipinski definition) is 1. The summed E-state index contributed by atoms with van der Waals surface area (Å²) in [4.78, 5) is 14.5. The molecule has 8 heteroatoms. The fourth-order valence-corrected chi connectivity index (χ4v) is 4.48. The fraction of sp³-hybridized carbons (Fsp3) is 0.667. The van der Waals surface area contributed by atoms with Crippen molar-refractivity contribution in [1.29, 1.82) is 0 Å². The van der Waals surface area contributed by atoms with Gasteiger partial charge in [0.05, 0.1) is 0 Å². The number of likely N-dealkylation sites (tertiary alicyclic amines) is 1. The molecule has 1 aliphatic carbocycles. The Balaban J connectivity index is 1.21. The van der Waals surface area contributed by atoms with Crippen LogP contribution in [0.5, 0.6) is 0 Å². The van der Waals surface area contributed by atoms with Gasteiger partial charge < -0.3 is 14.0 Å². The third-order valence-corrected chi connectivity index (χ3v) is 5.96. The van der Waals surface area contributed by atoms with Crippen molar-refractivity contribution < 1.29 is 9.32 Å². The molecule has 0 bridgehead atoms. The molecule has 2 aromatic rings. The molecule has 1 N–H and O–H groups in total. The van der Waals surface area contributed by atoms with Gasteiger partial charge in [0.25, 0.3) is 0 Å². The van der Waals surface area contributed by atoms with Crippen LogP contribution in [0.2, 0.25) is 0 Å². The maximum Gasteiger partial charge on any atom is 0.323 e. The number of aryl methyl sites for hydroxylation is 2. The zero-order valence-corrected chi connectivity index (χ0v) is 14.9. The fourth-order valence-electron chi connectivity index (χ4n) is 4.48. The van der Waals surface area contributed by atoms with Crippen LogP contribution >= 0.6 is 0 Å². The number of carbonyl (C=O) groups is 1. The smallest absolute Gasteiger partial charge is 0.323 e. The molecule has 1 fully saturated rings. The Bertz CT molecular complexity index is 818. The quantitative estimate of drug-likeness (QED) is 0.893. The summed E-state index contributed by atoms with van der Waals surface area (Å²) >= 11 is 0. The van der Waals surface area contributed by atoms with Gasteiger partial charge in [-0.2, -0.15) is 0 Å². The molecule has 1 saturated heterocycles. The molecule has 0 atom stereocenters. The average Bonchev–Trinajstić information content (AvgIpc) is 3.38. The lowest BCUT2D eigenvalue weighted by Gasteiger charge is -2.31. The summed E-state index contributed by atoms with van der Waals surface area (Å²) in [7, 11) is 0. The molecule has 2 aromatic heterocycles. The van der Waals surface area contributed by atoms with Crippen LogP contribution < -0.4 is 5.32 Å². The molecule has 2 aliphatic heterocycles. The standard InChI is InChI=1S/C18H24N6O2/c25-18(19-16-13-4-1-2-5-14(13)26-22-16)23-10-7-12(8-11-23)17-21-20-15-6-3-9-24(15)17/h12H,1-11H2,(H,19,22,25). The summed E-state index contributed by atoms with van der Waals surface area (Å²) in [6, 6.07) is -0.0726. The molecular formula is C18H24N6O2. The molecule has 138 valence electrons. The Labute approximate surface area is 151 Å². The second kappa shape index (κ2) is 6.41. The lowest BCUT2D eigenvalue weighted by Crippen LogP contribution is -2.41. The normalized spacial score (nSPS) is 20.1. The van der Waals surface area contributed by atoms with Crippen LogP contribution in [0.4, 0.5) is 10.6 Å². The van der Waals surface area contributed by atoms with Crippen LogP contribution in [0, 0.1) is 0 Å². The molecule has 26 heavy (non-hydrogen) atoms. The lowest BCUT2D eigenvalue weighted by molar-refractivity contribution is 0.192. The first kappa shape index (κ1) is 15.8. The van der Waals surface area contributed by atoms with E-state index in [1.807, 2.05) is 4.90 Å². The van der Waals surface area contributed by atoms with Crippen LogP contribution in [0.3, 0.4) is 0 Å². The molecule has 8 nitrogen and oxygen atoms in total. The topological polar surface area (TPSA) is 89.1 Å². The first-order chi connectivity index (χ1) is 12.8. The molecule has 0 spiro atoms. The van der Waals surface area contributed by atoms with E-state index in [4.69, 9.17) is 4.52 Å². The number of nitrogens with zero attached hydrogens (tertiary/aromatic N) is 5. The van der Waals surface area contributed by atoms with Gasteiger partial charge in [-0.15, -0.1) is 10.2 Å². The van der Waals surface area contributed by atoms with Crippen molar-refractivity contribution in [3.8, 4) is 0 Å². The third-order valence-electron chi connectivity index (χ3n) is 5.96. The van der Waals surface area contributed by atoms with Gasteiger partial charge in [-0.25, -0.2) is 4.79 Å². The molecule has 2 amide bonds. The van der Waals surface area contributed by atoms with Gasteiger partial charge >= 0.3 is 6.03 Å². The van der Waals surface area contributed by atoms with Crippen LogP contribution in [0.15, 0.2) is 4.52 Å². The summed E-state index contributed by atoms with van der Waals surface area (Å²) in [5, 5.41) is 15.8. The van der Waals surface area contributed by atoms with Crippen molar-refractivity contribution in [3.05, 3.63) is 23.0 Å². The van der Waals surface area contributed by atoms with Gasteiger partial charge in [0.1, 0.15) is 17.4 Å². The average molecular weight is 356 g/mol. The number of amides is 2. The molecule has 0 unspecified atom stereocenters. The predicted molar refractivity (Wildman–Crippen MR) is 94.1 cm³/mol. The molecular weight excluding hydrogens is 332 g/mol. The number of fused-ring (bicyclic) bond motifs is 2. The lowest BCUT2D eigenvalue weighted by atomic mass is 9.96. The highest BCUT2D eigenvalue weighted by Gasteiger charge is 2.30. The van der Waals surface area contributed by atoms with E-state index < -0.39 is 0 Å². The minimum atomic E-state index is -0.0726. The Morgan fingerprint density at radius 2 is 1.88 bits per heavy atom. The van der Waals surface area contributed by atoms with Gasteiger partial charge in [0.15, 0.2) is 5.82 Å². The first-order valence-corrected chi connectivity index (χ1v) is 9.75. The van der Waals surface area contributed by atoms with E-state index in [1.165, 1.54) is 6.42 Å². The second-order valence-corrected chi connectivity index (χ2v) is 7.56. The number of anilines is 1. The third kappa shape index (κ3) is 2.68. The van der Waals surface area contributed by atoms with Crippen molar-refractivity contribution in [2.75, 3.05) is 18.4 Å². The summed E-state index contributed by atoms with van der Waals surface area (Å²) < 4.78 is 7.66. The van der Waals surface area contributed by atoms with Crippen LogP contribution in [-0.2, 0) is 25.8 Å². The highest BCUT2D eigenvalue weighted by atomic mass is 16.5. The molecule has 5 rings (SSSR count). The molecule has 0 radical (unpaired) electrons. The van der Waals surface area contributed by atoms with Crippen molar-refractivity contribution >= 4 is 11.8 Å². The zero-order valence-electron chi connectivity index (χ0n) is 14.9. The molecule has 3 aliphatic rings. The van der Waals surface area contributed by atoms with Gasteiger partial charge in [-0.05, 0) is 38.5 Å². The SMILES string of the molecule is O=C(Nc1noc2c1CCCC2)N1CCC(c2nnc3n2CCC3)CC1. The Morgan fingerprint density at radius 1 is 1.04 bits per heavy atom. The van der Waals surface area contributed by atoms with E-state index in [9.17, 15) is 4.79 Å². The Kier molecular flexibility index (Phi) is 3.90. The first-order valence-electron chi connectivity index (χ1n) is 9.75. The van der Waals surface area contributed by atoms with E-state index in [1.54, 1.807) is 0 Å². The van der Waals surface area contributed by atoms with Gasteiger partial charge in [0.2, 0.25) is 0 Å². The van der Waals surface area contributed by atoms with Crippen LogP contribution in [0.25, 0.3) is 0 Å². The number of carbonyl (C=O) groups excluding carboxylic acids is 1. The predicted octanol–water partition coefficient (Wildman–Crippen LogP) is 2.50. The van der Waals surface area contributed by atoms with Crippen LogP contribution in [-0.4, -0.2) is 43.9 Å².